The van der Waals surface area contributed by atoms with Crippen LogP contribution in [0.25, 0.3) is 0 Å². The molecule has 1 aliphatic rings. The second kappa shape index (κ2) is 5.44. The van der Waals surface area contributed by atoms with Crippen molar-refractivity contribution in [2.45, 2.75) is 39.7 Å². The molecule has 0 aromatic carbocycles. The van der Waals surface area contributed by atoms with E-state index >= 15 is 0 Å². The van der Waals surface area contributed by atoms with Gasteiger partial charge in [0.15, 0.2) is 5.78 Å². The molecular weight excluding hydrogens is 232 g/mol. The smallest absolute Gasteiger partial charge is 0.254 e. The number of ketones is 1. The lowest BCUT2D eigenvalue weighted by Crippen LogP contribution is -2.53. The fraction of sp³-hybridized carbons (Fsp3) is 0.615. The molecule has 0 spiro atoms. The van der Waals surface area contributed by atoms with E-state index < -0.39 is 23.3 Å². The fourth-order valence-electron chi connectivity index (χ4n) is 2.25. The monoisotopic (exact) mass is 252 g/mol. The average molecular weight is 252 g/mol. The molecule has 1 heterocycles. The van der Waals surface area contributed by atoms with E-state index in [0.717, 1.165) is 11.3 Å². The number of hydrogen-bond acceptors (Lipinski definition) is 4. The van der Waals surface area contributed by atoms with Crippen LogP contribution in [-0.4, -0.2) is 35.1 Å². The number of rotatable bonds is 6. The van der Waals surface area contributed by atoms with Gasteiger partial charge >= 0.3 is 0 Å². The lowest BCUT2D eigenvalue weighted by atomic mass is 9.80. The van der Waals surface area contributed by atoms with E-state index in [1.807, 2.05) is 20.8 Å². The Morgan fingerprint density at radius 2 is 1.83 bits per heavy atom. The number of Topliss-reactive ketones (excluding diaryl/α,β-unsaturated/α-hetero) is 1. The minimum Gasteiger partial charge on any atom is -0.328 e. The van der Waals surface area contributed by atoms with E-state index in [4.69, 9.17) is 5.73 Å². The molecule has 5 nitrogen and oxygen atoms in total. The highest BCUT2D eigenvalue weighted by molar-refractivity contribution is 6.15. The Hall–Kier alpha value is -1.49. The summed E-state index contributed by atoms with van der Waals surface area (Å²) in [5, 5.41) is 0. The van der Waals surface area contributed by atoms with Gasteiger partial charge in [0.05, 0.1) is 0 Å². The molecule has 0 fully saturated rings. The molecule has 0 saturated carbocycles. The van der Waals surface area contributed by atoms with Crippen LogP contribution < -0.4 is 5.73 Å². The quantitative estimate of drug-likeness (QED) is 0.703. The van der Waals surface area contributed by atoms with Crippen LogP contribution >= 0.6 is 0 Å². The first-order valence-electron chi connectivity index (χ1n) is 6.14. The molecular formula is C13H20N2O3. The summed E-state index contributed by atoms with van der Waals surface area (Å²) in [6, 6.07) is -0.860. The minimum absolute atomic E-state index is 0.0366. The van der Waals surface area contributed by atoms with E-state index in [9.17, 15) is 14.4 Å². The van der Waals surface area contributed by atoms with Crippen LogP contribution in [0.3, 0.4) is 0 Å². The SMILES string of the molecule is CCCC(C)(C)C(=O)[C@H](CN)N1C(=O)C=CC1=O. The predicted octanol–water partition coefficient (Wildman–Crippen LogP) is 0.634. The van der Waals surface area contributed by atoms with Crippen LogP contribution in [0.1, 0.15) is 33.6 Å². The standard InChI is InChI=1S/C13H20N2O3/c1-4-7-13(2,3)12(18)9(8-14)15-10(16)5-6-11(15)17/h5-6,9H,4,7-8,14H2,1-3H3/t9-/m0/s1. The first-order valence-corrected chi connectivity index (χ1v) is 6.14. The van der Waals surface area contributed by atoms with Gasteiger partial charge in [-0.1, -0.05) is 27.2 Å². The van der Waals surface area contributed by atoms with Crippen LogP contribution in [0.2, 0.25) is 0 Å². The third kappa shape index (κ3) is 2.67. The van der Waals surface area contributed by atoms with Gasteiger partial charge in [0.2, 0.25) is 0 Å². The zero-order chi connectivity index (χ0) is 13.9. The van der Waals surface area contributed by atoms with Gasteiger partial charge in [-0.25, -0.2) is 0 Å². The third-order valence-corrected chi connectivity index (χ3v) is 3.22. The molecule has 0 radical (unpaired) electrons. The summed E-state index contributed by atoms with van der Waals surface area (Å²) in [7, 11) is 0. The Morgan fingerprint density at radius 3 is 2.22 bits per heavy atom. The number of nitrogens with two attached hydrogens (primary N) is 1. The predicted molar refractivity (Wildman–Crippen MR) is 67.5 cm³/mol. The molecule has 100 valence electrons. The van der Waals surface area contributed by atoms with Gasteiger partial charge in [0.25, 0.3) is 11.8 Å². The Kier molecular flexibility index (Phi) is 4.40. The van der Waals surface area contributed by atoms with Crippen molar-refractivity contribution in [1.82, 2.24) is 4.90 Å². The number of hydrogen-bond donors (Lipinski definition) is 1. The number of imide groups is 1. The molecule has 18 heavy (non-hydrogen) atoms. The maximum absolute atomic E-state index is 12.4. The van der Waals surface area contributed by atoms with E-state index in [-0.39, 0.29) is 12.3 Å². The van der Waals surface area contributed by atoms with E-state index in [0.29, 0.717) is 6.42 Å². The summed E-state index contributed by atoms with van der Waals surface area (Å²) in [5.74, 6) is -1.08. The first-order chi connectivity index (χ1) is 8.35. The zero-order valence-corrected chi connectivity index (χ0v) is 11.1. The molecule has 0 aliphatic carbocycles. The van der Waals surface area contributed by atoms with Crippen molar-refractivity contribution in [2.75, 3.05) is 6.54 Å². The van der Waals surface area contributed by atoms with Gasteiger partial charge in [0, 0.05) is 24.1 Å². The highest BCUT2D eigenvalue weighted by Gasteiger charge is 2.40. The molecule has 0 bridgehead atoms. The summed E-state index contributed by atoms with van der Waals surface area (Å²) in [4.78, 5) is 36.5. The Bertz CT molecular complexity index is 381. The Balaban J connectivity index is 2.94. The lowest BCUT2D eigenvalue weighted by Gasteiger charge is -2.31. The summed E-state index contributed by atoms with van der Waals surface area (Å²) in [6.07, 6.45) is 3.90. The van der Waals surface area contributed by atoms with Crippen molar-refractivity contribution in [2.24, 2.45) is 11.1 Å². The number of carbonyl (C=O) groups excluding carboxylic acids is 3. The van der Waals surface area contributed by atoms with Gasteiger partial charge in [-0.3, -0.25) is 19.3 Å². The van der Waals surface area contributed by atoms with Crippen LogP contribution in [0.15, 0.2) is 12.2 Å². The van der Waals surface area contributed by atoms with Crippen molar-refractivity contribution in [3.63, 3.8) is 0 Å². The first kappa shape index (κ1) is 14.6. The Labute approximate surface area is 107 Å². The lowest BCUT2D eigenvalue weighted by molar-refractivity contribution is -0.147. The maximum Gasteiger partial charge on any atom is 0.254 e. The third-order valence-electron chi connectivity index (χ3n) is 3.22. The molecule has 2 amide bonds. The number of nitrogens with zero attached hydrogens (tertiary/aromatic N) is 1. The largest absolute Gasteiger partial charge is 0.328 e. The normalized spacial score (nSPS) is 17.4. The van der Waals surface area contributed by atoms with Crippen LogP contribution in [0.5, 0.6) is 0 Å². The van der Waals surface area contributed by atoms with E-state index in [1.165, 1.54) is 12.2 Å². The molecule has 0 aromatic rings. The molecule has 2 N–H and O–H groups in total. The highest BCUT2D eigenvalue weighted by Crippen LogP contribution is 2.27. The number of carbonyl (C=O) groups is 3. The van der Waals surface area contributed by atoms with Crippen molar-refractivity contribution in [1.29, 1.82) is 0 Å². The summed E-state index contributed by atoms with van der Waals surface area (Å²) in [5.41, 5.74) is 4.99. The van der Waals surface area contributed by atoms with Crippen LogP contribution in [0, 0.1) is 5.41 Å². The van der Waals surface area contributed by atoms with E-state index in [1.54, 1.807) is 0 Å². The molecule has 1 rings (SSSR count). The minimum atomic E-state index is -0.860. The zero-order valence-electron chi connectivity index (χ0n) is 11.1. The second-order valence-corrected chi connectivity index (χ2v) is 5.13. The summed E-state index contributed by atoms with van der Waals surface area (Å²) < 4.78 is 0. The summed E-state index contributed by atoms with van der Waals surface area (Å²) >= 11 is 0. The van der Waals surface area contributed by atoms with Crippen molar-refractivity contribution in [3.8, 4) is 0 Å². The van der Waals surface area contributed by atoms with Crippen LogP contribution in [-0.2, 0) is 14.4 Å². The molecule has 0 aromatic heterocycles. The second-order valence-electron chi connectivity index (χ2n) is 5.13. The average Bonchev–Trinajstić information content (AvgIpc) is 2.61. The van der Waals surface area contributed by atoms with Gasteiger partial charge in [-0.2, -0.15) is 0 Å². The van der Waals surface area contributed by atoms with Gasteiger partial charge in [-0.05, 0) is 6.42 Å². The maximum atomic E-state index is 12.4. The number of amides is 2. The summed E-state index contributed by atoms with van der Waals surface area (Å²) in [6.45, 7) is 5.59. The molecule has 0 saturated heterocycles. The van der Waals surface area contributed by atoms with E-state index in [2.05, 4.69) is 0 Å². The van der Waals surface area contributed by atoms with Gasteiger partial charge < -0.3 is 5.73 Å². The van der Waals surface area contributed by atoms with Crippen molar-refractivity contribution < 1.29 is 14.4 Å². The Morgan fingerprint density at radius 1 is 1.33 bits per heavy atom. The van der Waals surface area contributed by atoms with Crippen molar-refractivity contribution >= 4 is 17.6 Å². The highest BCUT2D eigenvalue weighted by atomic mass is 16.2. The van der Waals surface area contributed by atoms with Crippen molar-refractivity contribution in [3.05, 3.63) is 12.2 Å². The van der Waals surface area contributed by atoms with Gasteiger partial charge in [0.1, 0.15) is 6.04 Å². The molecule has 1 atom stereocenters. The fourth-order valence-corrected chi connectivity index (χ4v) is 2.25. The van der Waals surface area contributed by atoms with Gasteiger partial charge in [-0.15, -0.1) is 0 Å². The van der Waals surface area contributed by atoms with Crippen LogP contribution in [0.4, 0.5) is 0 Å². The topological polar surface area (TPSA) is 80.5 Å². The molecule has 5 heteroatoms. The molecule has 1 aliphatic heterocycles. The molecule has 0 unspecified atom stereocenters.